The lowest BCUT2D eigenvalue weighted by molar-refractivity contribution is -0.167. The van der Waals surface area contributed by atoms with Crippen molar-refractivity contribution in [1.29, 1.82) is 0 Å². The van der Waals surface area contributed by atoms with E-state index in [0.717, 1.165) is 83.5 Å². The van der Waals surface area contributed by atoms with E-state index in [4.69, 9.17) is 14.2 Å². The minimum absolute atomic E-state index is 0.0708. The fourth-order valence-corrected chi connectivity index (χ4v) is 9.79. The predicted octanol–water partition coefficient (Wildman–Crippen LogP) is 22.7. The standard InChI is InChI=1S/C70H126O6/c1-4-7-10-13-16-19-22-25-28-30-32-33-34-35-36-37-39-40-42-45-48-51-54-57-60-63-69(72)75-66-67(65-74-68(71)62-59-56-53-50-47-44-27-24-21-18-15-12-9-6-3)76-70(73)64-61-58-55-52-49-46-43-41-38-31-29-26-23-20-17-14-11-8-5-2/h7,10,16,19,25-26,28-29,32-33,67H,4-6,8-9,11-15,17-18,20-24,27,30-31,34-66H2,1-3H3/b10-7-,19-16-,28-25-,29-26-,33-32-. The summed E-state index contributed by atoms with van der Waals surface area (Å²) in [6.07, 6.45) is 82.3. The van der Waals surface area contributed by atoms with Gasteiger partial charge in [-0.1, -0.05) is 306 Å². The maximum Gasteiger partial charge on any atom is 0.306 e. The van der Waals surface area contributed by atoms with Crippen LogP contribution in [-0.2, 0) is 28.6 Å². The molecule has 0 aromatic heterocycles. The van der Waals surface area contributed by atoms with Gasteiger partial charge in [-0.3, -0.25) is 14.4 Å². The lowest BCUT2D eigenvalue weighted by atomic mass is 10.0. The highest BCUT2D eigenvalue weighted by atomic mass is 16.6. The van der Waals surface area contributed by atoms with Crippen LogP contribution in [0.3, 0.4) is 0 Å². The Kier molecular flexibility index (Phi) is 62.2. The van der Waals surface area contributed by atoms with Crippen LogP contribution in [0.2, 0.25) is 0 Å². The normalized spacial score (nSPS) is 12.4. The van der Waals surface area contributed by atoms with Crippen LogP contribution in [-0.4, -0.2) is 37.2 Å². The van der Waals surface area contributed by atoms with Gasteiger partial charge in [0.2, 0.25) is 0 Å². The van der Waals surface area contributed by atoms with Crippen molar-refractivity contribution in [3.8, 4) is 0 Å². The van der Waals surface area contributed by atoms with E-state index in [0.29, 0.717) is 19.3 Å². The topological polar surface area (TPSA) is 78.9 Å². The number of hydrogen-bond acceptors (Lipinski definition) is 6. The Hall–Kier alpha value is -2.89. The lowest BCUT2D eigenvalue weighted by Crippen LogP contribution is -2.30. The third-order valence-electron chi connectivity index (χ3n) is 14.8. The number of ether oxygens (including phenoxy) is 3. The average molecular weight is 1060 g/mol. The molecule has 6 nitrogen and oxygen atoms in total. The summed E-state index contributed by atoms with van der Waals surface area (Å²) >= 11 is 0. The van der Waals surface area contributed by atoms with Crippen molar-refractivity contribution in [3.05, 3.63) is 60.8 Å². The first-order valence-electron chi connectivity index (χ1n) is 33.3. The summed E-state index contributed by atoms with van der Waals surface area (Å²) < 4.78 is 17.0. The maximum absolute atomic E-state index is 12.9. The molecule has 0 aromatic rings. The van der Waals surface area contributed by atoms with E-state index in [2.05, 4.69) is 81.5 Å². The summed E-state index contributed by atoms with van der Waals surface area (Å²) in [7, 11) is 0. The molecule has 6 heteroatoms. The van der Waals surface area contributed by atoms with E-state index in [-0.39, 0.29) is 31.1 Å². The molecule has 0 aliphatic rings. The van der Waals surface area contributed by atoms with Crippen LogP contribution in [0, 0.1) is 0 Å². The second kappa shape index (κ2) is 64.6. The third-order valence-corrected chi connectivity index (χ3v) is 14.8. The van der Waals surface area contributed by atoms with E-state index >= 15 is 0 Å². The van der Waals surface area contributed by atoms with Crippen LogP contribution in [0.15, 0.2) is 60.8 Å². The van der Waals surface area contributed by atoms with Gasteiger partial charge in [0.05, 0.1) is 0 Å². The number of hydrogen-bond donors (Lipinski definition) is 0. The van der Waals surface area contributed by atoms with Crippen molar-refractivity contribution >= 4 is 17.9 Å². The van der Waals surface area contributed by atoms with E-state index in [1.54, 1.807) is 0 Å². The molecule has 0 radical (unpaired) electrons. The smallest absolute Gasteiger partial charge is 0.306 e. The molecule has 0 saturated heterocycles. The molecule has 0 rings (SSSR count). The largest absolute Gasteiger partial charge is 0.462 e. The van der Waals surface area contributed by atoms with E-state index in [1.165, 1.54) is 225 Å². The van der Waals surface area contributed by atoms with Gasteiger partial charge in [-0.15, -0.1) is 0 Å². The zero-order chi connectivity index (χ0) is 55.0. The molecule has 0 aliphatic carbocycles. The molecule has 0 fully saturated rings. The predicted molar refractivity (Wildman–Crippen MR) is 330 cm³/mol. The van der Waals surface area contributed by atoms with Crippen molar-refractivity contribution in [2.75, 3.05) is 13.2 Å². The minimum Gasteiger partial charge on any atom is -0.462 e. The highest BCUT2D eigenvalue weighted by Crippen LogP contribution is 2.17. The molecule has 1 atom stereocenters. The molecule has 0 saturated carbocycles. The van der Waals surface area contributed by atoms with Crippen molar-refractivity contribution in [3.63, 3.8) is 0 Å². The summed E-state index contributed by atoms with van der Waals surface area (Å²) in [6, 6.07) is 0. The Labute approximate surface area is 472 Å². The van der Waals surface area contributed by atoms with E-state index in [9.17, 15) is 14.4 Å². The Morgan fingerprint density at radius 1 is 0.276 bits per heavy atom. The fourth-order valence-electron chi connectivity index (χ4n) is 9.79. The van der Waals surface area contributed by atoms with Gasteiger partial charge >= 0.3 is 17.9 Å². The van der Waals surface area contributed by atoms with Crippen LogP contribution < -0.4 is 0 Å². The van der Waals surface area contributed by atoms with Gasteiger partial charge < -0.3 is 14.2 Å². The number of rotatable bonds is 61. The molecule has 0 aliphatic heterocycles. The number of carbonyl (C=O) groups is 3. The summed E-state index contributed by atoms with van der Waals surface area (Å²) in [5.41, 5.74) is 0. The molecule has 76 heavy (non-hydrogen) atoms. The second-order valence-corrected chi connectivity index (χ2v) is 22.4. The van der Waals surface area contributed by atoms with E-state index < -0.39 is 6.10 Å². The zero-order valence-electron chi connectivity index (χ0n) is 50.8. The molecule has 0 spiro atoms. The molecule has 0 N–H and O–H groups in total. The molecule has 0 heterocycles. The fraction of sp³-hybridized carbons (Fsp3) is 0.814. The third kappa shape index (κ3) is 62.0. The zero-order valence-corrected chi connectivity index (χ0v) is 50.8. The lowest BCUT2D eigenvalue weighted by Gasteiger charge is -2.18. The van der Waals surface area contributed by atoms with Crippen LogP contribution in [0.1, 0.15) is 348 Å². The summed E-state index contributed by atoms with van der Waals surface area (Å²) in [5, 5.41) is 0. The van der Waals surface area contributed by atoms with E-state index in [1.807, 2.05) is 0 Å². The summed E-state index contributed by atoms with van der Waals surface area (Å²) in [4.78, 5) is 38.4. The van der Waals surface area contributed by atoms with Crippen LogP contribution in [0.5, 0.6) is 0 Å². The van der Waals surface area contributed by atoms with Gasteiger partial charge in [-0.05, 0) is 83.5 Å². The second-order valence-electron chi connectivity index (χ2n) is 22.4. The Bertz CT molecular complexity index is 1360. The van der Waals surface area contributed by atoms with Gasteiger partial charge in [-0.2, -0.15) is 0 Å². The van der Waals surface area contributed by atoms with Gasteiger partial charge in [0.1, 0.15) is 13.2 Å². The number of unbranched alkanes of at least 4 members (excludes halogenated alkanes) is 40. The summed E-state index contributed by atoms with van der Waals surface area (Å²) in [5.74, 6) is -0.853. The average Bonchev–Trinajstić information content (AvgIpc) is 3.42. The van der Waals surface area contributed by atoms with Crippen LogP contribution in [0.4, 0.5) is 0 Å². The van der Waals surface area contributed by atoms with Gasteiger partial charge in [0, 0.05) is 19.3 Å². The van der Waals surface area contributed by atoms with Crippen molar-refractivity contribution in [2.45, 2.75) is 354 Å². The van der Waals surface area contributed by atoms with Gasteiger partial charge in [0.15, 0.2) is 6.10 Å². The molecule has 1 unspecified atom stereocenters. The monoisotopic (exact) mass is 1060 g/mol. The molecule has 0 bridgehead atoms. The molecule has 442 valence electrons. The highest BCUT2D eigenvalue weighted by Gasteiger charge is 2.19. The molecular formula is C70H126O6. The number of allylic oxidation sites excluding steroid dienone is 10. The maximum atomic E-state index is 12.9. The van der Waals surface area contributed by atoms with Crippen LogP contribution in [0.25, 0.3) is 0 Å². The Morgan fingerprint density at radius 2 is 0.513 bits per heavy atom. The van der Waals surface area contributed by atoms with Crippen LogP contribution >= 0.6 is 0 Å². The number of carbonyl (C=O) groups excluding carboxylic acids is 3. The van der Waals surface area contributed by atoms with Crippen molar-refractivity contribution in [1.82, 2.24) is 0 Å². The Balaban J connectivity index is 4.29. The van der Waals surface area contributed by atoms with Gasteiger partial charge in [-0.25, -0.2) is 0 Å². The summed E-state index contributed by atoms with van der Waals surface area (Å²) in [6.45, 7) is 6.58. The molecule has 0 aromatic carbocycles. The molecule has 0 amide bonds. The quantitative estimate of drug-likeness (QED) is 0.0261. The number of esters is 3. The Morgan fingerprint density at radius 3 is 0.816 bits per heavy atom. The first-order valence-corrected chi connectivity index (χ1v) is 33.3. The van der Waals surface area contributed by atoms with Crippen molar-refractivity contribution in [2.24, 2.45) is 0 Å². The highest BCUT2D eigenvalue weighted by molar-refractivity contribution is 5.71. The first-order chi connectivity index (χ1) is 37.5. The minimum atomic E-state index is -0.774. The SMILES string of the molecule is CC/C=C\C/C=C\C/C=C\C/C=C\CCCCCCCCCCCCCCC(=O)OCC(COC(=O)CCCCCCCCCCCCCCCC)OC(=O)CCCCCCCCCCC/C=C\CCCCCCCC. The van der Waals surface area contributed by atoms with Gasteiger partial charge in [0.25, 0.3) is 0 Å². The van der Waals surface area contributed by atoms with Crippen molar-refractivity contribution < 1.29 is 28.6 Å². The first kappa shape index (κ1) is 73.1. The molecular weight excluding hydrogens is 937 g/mol.